The van der Waals surface area contributed by atoms with Crippen molar-refractivity contribution in [2.75, 3.05) is 20.1 Å². The molecule has 0 bridgehead atoms. The number of likely N-dealkylation sites (tertiary alicyclic amines) is 1. The molecular formula is C14H27NO. The summed E-state index contributed by atoms with van der Waals surface area (Å²) in [6.07, 6.45) is 8.53. The molecule has 1 N–H and O–H groups in total. The Labute approximate surface area is 100 Å². The van der Waals surface area contributed by atoms with E-state index in [-0.39, 0.29) is 5.60 Å². The molecule has 2 fully saturated rings. The lowest BCUT2D eigenvalue weighted by Crippen LogP contribution is -2.48. The van der Waals surface area contributed by atoms with Gasteiger partial charge in [0.25, 0.3) is 0 Å². The molecule has 1 aliphatic carbocycles. The van der Waals surface area contributed by atoms with Crippen molar-refractivity contribution in [2.45, 2.75) is 57.5 Å². The molecule has 0 radical (unpaired) electrons. The summed E-state index contributed by atoms with van der Waals surface area (Å²) in [7, 11) is 2.16. The van der Waals surface area contributed by atoms with Crippen molar-refractivity contribution in [2.24, 2.45) is 11.8 Å². The number of rotatable bonds is 2. The van der Waals surface area contributed by atoms with E-state index in [2.05, 4.69) is 18.9 Å². The molecule has 94 valence electrons. The van der Waals surface area contributed by atoms with Crippen molar-refractivity contribution in [1.82, 2.24) is 4.90 Å². The standard InChI is InChI=1S/C14H27NO/c1-3-12-4-6-13(7-5-12)14(16)8-10-15(2)11-9-14/h12-13,16H,3-11H2,1-2H3. The largest absolute Gasteiger partial charge is 0.390 e. The van der Waals surface area contributed by atoms with Crippen molar-refractivity contribution < 1.29 is 5.11 Å². The van der Waals surface area contributed by atoms with Crippen LogP contribution in [-0.4, -0.2) is 35.7 Å². The molecule has 1 heterocycles. The second-order valence-electron chi connectivity index (χ2n) is 6.03. The maximum atomic E-state index is 10.7. The van der Waals surface area contributed by atoms with Crippen LogP contribution < -0.4 is 0 Å². The van der Waals surface area contributed by atoms with Gasteiger partial charge in [0.05, 0.1) is 5.60 Å². The Bertz CT molecular complexity index is 213. The predicted molar refractivity (Wildman–Crippen MR) is 67.4 cm³/mol. The Hall–Kier alpha value is -0.0800. The van der Waals surface area contributed by atoms with Crippen LogP contribution in [-0.2, 0) is 0 Å². The summed E-state index contributed by atoms with van der Waals surface area (Å²) in [6.45, 7) is 4.45. The maximum Gasteiger partial charge on any atom is 0.0700 e. The molecule has 0 atom stereocenters. The average Bonchev–Trinajstić information content (AvgIpc) is 2.33. The third kappa shape index (κ3) is 2.60. The van der Waals surface area contributed by atoms with Gasteiger partial charge in [-0.2, -0.15) is 0 Å². The zero-order valence-electron chi connectivity index (χ0n) is 10.9. The highest BCUT2D eigenvalue weighted by Gasteiger charge is 2.40. The zero-order chi connectivity index (χ0) is 11.6. The Kier molecular flexibility index (Phi) is 3.91. The van der Waals surface area contributed by atoms with Gasteiger partial charge in [-0.3, -0.25) is 0 Å². The van der Waals surface area contributed by atoms with Crippen LogP contribution in [0.15, 0.2) is 0 Å². The van der Waals surface area contributed by atoms with E-state index < -0.39 is 0 Å². The van der Waals surface area contributed by atoms with Gasteiger partial charge in [-0.1, -0.05) is 26.2 Å². The highest BCUT2D eigenvalue weighted by Crippen LogP contribution is 2.41. The smallest absolute Gasteiger partial charge is 0.0700 e. The van der Waals surface area contributed by atoms with E-state index in [1.54, 1.807) is 0 Å². The number of aliphatic hydroxyl groups is 1. The van der Waals surface area contributed by atoms with E-state index in [9.17, 15) is 5.11 Å². The van der Waals surface area contributed by atoms with E-state index in [1.807, 2.05) is 0 Å². The Morgan fingerprint density at radius 2 is 1.69 bits per heavy atom. The molecule has 0 aromatic carbocycles. The number of nitrogens with zero attached hydrogens (tertiary/aromatic N) is 1. The van der Waals surface area contributed by atoms with Crippen molar-refractivity contribution in [1.29, 1.82) is 0 Å². The van der Waals surface area contributed by atoms with Gasteiger partial charge in [-0.05, 0) is 44.6 Å². The first-order chi connectivity index (χ1) is 7.64. The van der Waals surface area contributed by atoms with Crippen LogP contribution in [0, 0.1) is 11.8 Å². The van der Waals surface area contributed by atoms with Gasteiger partial charge in [0, 0.05) is 13.1 Å². The van der Waals surface area contributed by atoms with Crippen molar-refractivity contribution in [3.63, 3.8) is 0 Å². The summed E-state index contributed by atoms with van der Waals surface area (Å²) in [5.74, 6) is 1.52. The maximum absolute atomic E-state index is 10.7. The second-order valence-corrected chi connectivity index (χ2v) is 6.03. The quantitative estimate of drug-likeness (QED) is 0.781. The molecule has 1 aliphatic heterocycles. The lowest BCUT2D eigenvalue weighted by molar-refractivity contribution is -0.0776. The molecule has 2 nitrogen and oxygen atoms in total. The predicted octanol–water partition coefficient (Wildman–Crippen LogP) is 2.66. The Morgan fingerprint density at radius 3 is 2.19 bits per heavy atom. The first-order valence-corrected chi connectivity index (χ1v) is 7.05. The summed E-state index contributed by atoms with van der Waals surface area (Å²) >= 11 is 0. The number of hydrogen-bond donors (Lipinski definition) is 1. The van der Waals surface area contributed by atoms with Crippen LogP contribution in [0.5, 0.6) is 0 Å². The van der Waals surface area contributed by atoms with Gasteiger partial charge in [-0.25, -0.2) is 0 Å². The fourth-order valence-corrected chi connectivity index (χ4v) is 3.52. The van der Waals surface area contributed by atoms with E-state index in [0.29, 0.717) is 5.92 Å². The van der Waals surface area contributed by atoms with Gasteiger partial charge >= 0.3 is 0 Å². The van der Waals surface area contributed by atoms with Gasteiger partial charge in [0.15, 0.2) is 0 Å². The minimum absolute atomic E-state index is 0.328. The van der Waals surface area contributed by atoms with Crippen LogP contribution >= 0.6 is 0 Å². The van der Waals surface area contributed by atoms with Crippen LogP contribution in [0.4, 0.5) is 0 Å². The first kappa shape index (κ1) is 12.4. The lowest BCUT2D eigenvalue weighted by atomic mass is 9.69. The molecule has 0 spiro atoms. The molecule has 0 aromatic rings. The monoisotopic (exact) mass is 225 g/mol. The summed E-state index contributed by atoms with van der Waals surface area (Å²) in [6, 6.07) is 0. The molecule has 1 saturated heterocycles. The number of piperidine rings is 1. The van der Waals surface area contributed by atoms with Crippen molar-refractivity contribution >= 4 is 0 Å². The van der Waals surface area contributed by atoms with Crippen LogP contribution in [0.25, 0.3) is 0 Å². The zero-order valence-corrected chi connectivity index (χ0v) is 10.9. The highest BCUT2D eigenvalue weighted by molar-refractivity contribution is 4.93. The molecule has 1 saturated carbocycles. The fraction of sp³-hybridized carbons (Fsp3) is 1.00. The number of hydrogen-bond acceptors (Lipinski definition) is 2. The summed E-state index contributed by atoms with van der Waals surface area (Å²) < 4.78 is 0. The van der Waals surface area contributed by atoms with Crippen molar-refractivity contribution in [3.8, 4) is 0 Å². The summed E-state index contributed by atoms with van der Waals surface area (Å²) in [5, 5.41) is 10.7. The Balaban J connectivity index is 1.88. The summed E-state index contributed by atoms with van der Waals surface area (Å²) in [5.41, 5.74) is -0.328. The molecule has 16 heavy (non-hydrogen) atoms. The van der Waals surface area contributed by atoms with E-state index in [0.717, 1.165) is 31.8 Å². The minimum Gasteiger partial charge on any atom is -0.390 e. The lowest BCUT2D eigenvalue weighted by Gasteiger charge is -2.44. The van der Waals surface area contributed by atoms with Crippen LogP contribution in [0.3, 0.4) is 0 Å². The average molecular weight is 225 g/mol. The van der Waals surface area contributed by atoms with Gasteiger partial charge in [-0.15, -0.1) is 0 Å². The van der Waals surface area contributed by atoms with Crippen molar-refractivity contribution in [3.05, 3.63) is 0 Å². The molecule has 2 rings (SSSR count). The fourth-order valence-electron chi connectivity index (χ4n) is 3.52. The molecule has 2 heteroatoms. The third-order valence-electron chi connectivity index (χ3n) is 5.04. The molecule has 0 unspecified atom stereocenters. The molecule has 2 aliphatic rings. The van der Waals surface area contributed by atoms with E-state index >= 15 is 0 Å². The highest BCUT2D eigenvalue weighted by atomic mass is 16.3. The third-order valence-corrected chi connectivity index (χ3v) is 5.04. The SMILES string of the molecule is CCC1CCC(C2(O)CCN(C)CC2)CC1. The molecular weight excluding hydrogens is 198 g/mol. The first-order valence-electron chi connectivity index (χ1n) is 7.05. The second kappa shape index (κ2) is 5.05. The molecule has 0 amide bonds. The minimum atomic E-state index is -0.328. The van der Waals surface area contributed by atoms with Gasteiger partial charge in [0.1, 0.15) is 0 Å². The molecule has 0 aromatic heterocycles. The van der Waals surface area contributed by atoms with Crippen LogP contribution in [0.2, 0.25) is 0 Å². The summed E-state index contributed by atoms with van der Waals surface area (Å²) in [4.78, 5) is 2.34. The van der Waals surface area contributed by atoms with Crippen LogP contribution in [0.1, 0.15) is 51.9 Å². The van der Waals surface area contributed by atoms with E-state index in [4.69, 9.17) is 0 Å². The van der Waals surface area contributed by atoms with Gasteiger partial charge < -0.3 is 10.0 Å². The normalized spacial score (nSPS) is 36.2. The topological polar surface area (TPSA) is 23.5 Å². The van der Waals surface area contributed by atoms with E-state index in [1.165, 1.54) is 32.1 Å². The van der Waals surface area contributed by atoms with Gasteiger partial charge in [0.2, 0.25) is 0 Å². The Morgan fingerprint density at radius 1 is 1.12 bits per heavy atom.